The lowest BCUT2D eigenvalue weighted by Gasteiger charge is -2.26. The second kappa shape index (κ2) is 7.04. The molecule has 0 bridgehead atoms. The second-order valence-corrected chi connectivity index (χ2v) is 6.85. The lowest BCUT2D eigenvalue weighted by molar-refractivity contribution is -0.141. The zero-order chi connectivity index (χ0) is 17.9. The summed E-state index contributed by atoms with van der Waals surface area (Å²) in [6, 6.07) is 7.55. The van der Waals surface area contributed by atoms with Gasteiger partial charge in [-0.25, -0.2) is 0 Å². The third-order valence-electron chi connectivity index (χ3n) is 4.36. The fourth-order valence-corrected chi connectivity index (χ4v) is 3.13. The van der Waals surface area contributed by atoms with Crippen molar-refractivity contribution in [2.75, 3.05) is 11.4 Å². The number of allylic oxidation sites excluding steroid dienone is 3. The minimum Gasteiger partial charge on any atom is -0.481 e. The van der Waals surface area contributed by atoms with Crippen LogP contribution in [-0.4, -0.2) is 23.5 Å². The van der Waals surface area contributed by atoms with Gasteiger partial charge in [0.1, 0.15) is 0 Å². The van der Waals surface area contributed by atoms with Gasteiger partial charge in [0.25, 0.3) is 0 Å². The summed E-state index contributed by atoms with van der Waals surface area (Å²) in [6.45, 7) is 8.36. The predicted octanol–water partition coefficient (Wildman–Crippen LogP) is 4.07. The van der Waals surface area contributed by atoms with Gasteiger partial charge in [0.15, 0.2) is 0 Å². The number of carbonyl (C=O) groups excluding carboxylic acids is 1. The van der Waals surface area contributed by atoms with Crippen LogP contribution < -0.4 is 4.90 Å². The van der Waals surface area contributed by atoms with Crippen LogP contribution in [0.15, 0.2) is 47.6 Å². The number of anilines is 1. The molecular weight excluding hydrogens is 302 g/mol. The summed E-state index contributed by atoms with van der Waals surface area (Å²) in [5, 5.41) is 9.45. The molecule has 0 fully saturated rings. The average Bonchev–Trinajstić information content (AvgIpc) is 2.72. The molecule has 1 N–H and O–H groups in total. The van der Waals surface area contributed by atoms with Crippen LogP contribution in [0.3, 0.4) is 0 Å². The number of benzene rings is 1. The van der Waals surface area contributed by atoms with E-state index >= 15 is 0 Å². The first-order valence-electron chi connectivity index (χ1n) is 8.18. The van der Waals surface area contributed by atoms with Crippen LogP contribution in [-0.2, 0) is 15.0 Å². The van der Waals surface area contributed by atoms with Crippen LogP contribution in [0, 0.1) is 0 Å². The Balaban J connectivity index is 2.57. The molecule has 1 heterocycles. The van der Waals surface area contributed by atoms with Crippen molar-refractivity contribution in [1.29, 1.82) is 0 Å². The topological polar surface area (TPSA) is 57.6 Å². The number of carboxylic acid groups (broad SMARTS) is 1. The van der Waals surface area contributed by atoms with Crippen LogP contribution in [0.2, 0.25) is 0 Å². The second-order valence-electron chi connectivity index (χ2n) is 6.85. The Morgan fingerprint density at radius 2 is 1.75 bits per heavy atom. The van der Waals surface area contributed by atoms with Gasteiger partial charge in [-0.3, -0.25) is 9.59 Å². The zero-order valence-corrected chi connectivity index (χ0v) is 14.8. The van der Waals surface area contributed by atoms with Gasteiger partial charge >= 0.3 is 5.97 Å². The van der Waals surface area contributed by atoms with Crippen molar-refractivity contribution < 1.29 is 14.7 Å². The van der Waals surface area contributed by atoms with E-state index in [0.717, 1.165) is 22.4 Å². The van der Waals surface area contributed by atoms with Crippen molar-refractivity contribution in [3.05, 3.63) is 53.1 Å². The number of hydrogen-bond acceptors (Lipinski definition) is 2. The molecule has 0 radical (unpaired) electrons. The number of hydrogen-bond donors (Lipinski definition) is 1. The lowest BCUT2D eigenvalue weighted by Crippen LogP contribution is -2.42. The monoisotopic (exact) mass is 327 g/mol. The van der Waals surface area contributed by atoms with E-state index in [9.17, 15) is 14.7 Å². The summed E-state index contributed by atoms with van der Waals surface area (Å²) in [7, 11) is 0. The molecular formula is C20H25NO3. The molecule has 1 aromatic rings. The van der Waals surface area contributed by atoms with Crippen molar-refractivity contribution in [2.45, 2.75) is 46.0 Å². The molecule has 2 rings (SSSR count). The third kappa shape index (κ3) is 3.42. The Morgan fingerprint density at radius 3 is 2.33 bits per heavy atom. The first kappa shape index (κ1) is 18.0. The number of para-hydroxylation sites is 1. The molecule has 1 aliphatic heterocycles. The van der Waals surface area contributed by atoms with Crippen molar-refractivity contribution in [2.24, 2.45) is 0 Å². The number of amides is 1. The van der Waals surface area contributed by atoms with E-state index < -0.39 is 11.4 Å². The highest BCUT2D eigenvalue weighted by atomic mass is 16.4. The molecule has 4 heteroatoms. The molecule has 1 atom stereocenters. The van der Waals surface area contributed by atoms with Crippen molar-refractivity contribution >= 4 is 17.6 Å². The van der Waals surface area contributed by atoms with Crippen molar-refractivity contribution in [1.82, 2.24) is 0 Å². The highest BCUT2D eigenvalue weighted by Crippen LogP contribution is 2.46. The Labute approximate surface area is 143 Å². The van der Waals surface area contributed by atoms with Gasteiger partial charge in [0, 0.05) is 12.2 Å². The molecule has 0 aromatic heterocycles. The van der Waals surface area contributed by atoms with Crippen LogP contribution in [0.5, 0.6) is 0 Å². The Kier molecular flexibility index (Phi) is 5.27. The third-order valence-corrected chi connectivity index (χ3v) is 4.36. The summed E-state index contributed by atoms with van der Waals surface area (Å²) in [6.07, 6.45) is 4.16. The molecule has 0 saturated carbocycles. The largest absolute Gasteiger partial charge is 0.481 e. The highest BCUT2D eigenvalue weighted by molar-refractivity contribution is 6.10. The first-order chi connectivity index (χ1) is 11.3. The zero-order valence-electron chi connectivity index (χ0n) is 14.8. The molecule has 128 valence electrons. The number of rotatable bonds is 6. The summed E-state index contributed by atoms with van der Waals surface area (Å²) < 4.78 is 0. The van der Waals surface area contributed by atoms with E-state index in [-0.39, 0.29) is 12.3 Å². The minimum atomic E-state index is -1.02. The van der Waals surface area contributed by atoms with Gasteiger partial charge in [-0.05, 0) is 45.7 Å². The van der Waals surface area contributed by atoms with Crippen LogP contribution >= 0.6 is 0 Å². The summed E-state index contributed by atoms with van der Waals surface area (Å²) >= 11 is 0. The van der Waals surface area contributed by atoms with Crippen LogP contribution in [0.1, 0.15) is 46.1 Å². The van der Waals surface area contributed by atoms with E-state index in [2.05, 4.69) is 0 Å². The summed E-state index contributed by atoms with van der Waals surface area (Å²) in [5.41, 5.74) is 2.82. The van der Waals surface area contributed by atoms with Crippen molar-refractivity contribution in [3.63, 3.8) is 0 Å². The molecule has 1 aromatic carbocycles. The summed E-state index contributed by atoms with van der Waals surface area (Å²) in [5.74, 6) is -1.08. The van der Waals surface area contributed by atoms with E-state index in [4.69, 9.17) is 0 Å². The molecule has 0 aliphatic carbocycles. The van der Waals surface area contributed by atoms with Gasteiger partial charge in [0.2, 0.25) is 5.91 Å². The van der Waals surface area contributed by atoms with E-state index in [1.54, 1.807) is 4.90 Å². The molecule has 1 amide bonds. The maximum atomic E-state index is 13.2. The molecule has 1 unspecified atom stereocenters. The molecule has 24 heavy (non-hydrogen) atoms. The van der Waals surface area contributed by atoms with Crippen LogP contribution in [0.25, 0.3) is 0 Å². The molecule has 4 nitrogen and oxygen atoms in total. The molecule has 0 saturated heterocycles. The fourth-order valence-electron chi connectivity index (χ4n) is 3.13. The number of fused-ring (bicyclic) bond motifs is 1. The average molecular weight is 327 g/mol. The van der Waals surface area contributed by atoms with Gasteiger partial charge in [-0.15, -0.1) is 0 Å². The van der Waals surface area contributed by atoms with E-state index in [0.29, 0.717) is 13.0 Å². The standard InChI is InChI=1S/C20H25NO3/c1-14(2)9-11-20(13-18(22)23)16-7-5-6-8-17(16)21(19(20)24)12-10-15(3)4/h5-10H,11-13H2,1-4H3,(H,22,23). The van der Waals surface area contributed by atoms with Crippen molar-refractivity contribution in [3.8, 4) is 0 Å². The van der Waals surface area contributed by atoms with E-state index in [1.165, 1.54) is 0 Å². The maximum Gasteiger partial charge on any atom is 0.304 e. The highest BCUT2D eigenvalue weighted by Gasteiger charge is 2.50. The van der Waals surface area contributed by atoms with Crippen LogP contribution in [0.4, 0.5) is 5.69 Å². The Bertz CT molecular complexity index is 709. The number of carbonyl (C=O) groups is 2. The fraction of sp³-hybridized carbons (Fsp3) is 0.400. The lowest BCUT2D eigenvalue weighted by atomic mass is 9.75. The van der Waals surface area contributed by atoms with Gasteiger partial charge in [-0.2, -0.15) is 0 Å². The van der Waals surface area contributed by atoms with Gasteiger partial charge in [-0.1, -0.05) is 41.5 Å². The Hall–Kier alpha value is -2.36. The number of nitrogens with zero attached hydrogens (tertiary/aromatic N) is 1. The maximum absolute atomic E-state index is 13.2. The first-order valence-corrected chi connectivity index (χ1v) is 8.18. The van der Waals surface area contributed by atoms with Gasteiger partial charge in [0.05, 0.1) is 11.8 Å². The SMILES string of the molecule is CC(C)=CCN1C(=O)C(CC=C(C)C)(CC(=O)O)c2ccccc21. The quantitative estimate of drug-likeness (QED) is 0.801. The number of carboxylic acids is 1. The minimum absolute atomic E-state index is 0.124. The van der Waals surface area contributed by atoms with E-state index in [1.807, 2.05) is 64.1 Å². The van der Waals surface area contributed by atoms with Gasteiger partial charge < -0.3 is 10.0 Å². The number of aliphatic carboxylic acids is 1. The summed E-state index contributed by atoms with van der Waals surface area (Å²) in [4.78, 5) is 26.5. The Morgan fingerprint density at radius 1 is 1.12 bits per heavy atom. The predicted molar refractivity (Wildman–Crippen MR) is 96.2 cm³/mol. The normalized spacial score (nSPS) is 19.0. The molecule has 0 spiro atoms. The smallest absolute Gasteiger partial charge is 0.304 e. The molecule has 1 aliphatic rings.